The summed E-state index contributed by atoms with van der Waals surface area (Å²) in [5.41, 5.74) is 5.80. The summed E-state index contributed by atoms with van der Waals surface area (Å²) < 4.78 is 10.9. The van der Waals surface area contributed by atoms with Crippen LogP contribution in [0.1, 0.15) is 40.5 Å². The number of nitrogens with zero attached hydrogens (tertiary/aromatic N) is 3. The van der Waals surface area contributed by atoms with Crippen LogP contribution in [0.15, 0.2) is 79.0 Å². The fourth-order valence-electron chi connectivity index (χ4n) is 5.08. The predicted octanol–water partition coefficient (Wildman–Crippen LogP) is 5.91. The van der Waals surface area contributed by atoms with Crippen LogP contribution in [0.2, 0.25) is 0 Å². The average molecular weight is 508 g/mol. The number of carbonyl (C=O) groups excluding carboxylic acids is 1. The quantitative estimate of drug-likeness (QED) is 0.266. The molecule has 5 aromatic rings. The molecular formula is C30H29N5O3. The third kappa shape index (κ3) is 5.17. The van der Waals surface area contributed by atoms with Crippen LogP contribution in [-0.2, 0) is 11.3 Å². The standard InChI is InChI=1S/C30H29N5O3/c1-37-30(36)23-4-2-20(3-5-23)21-13-16-35(17-14-21)19-29-32-27-11-10-25(18-28(27)33-29)38-24-8-6-22(7-9-24)26-12-15-31-34-26/h2-12,15,18,21H,13-14,16-17,19H2,1H3,(H,31,34)(H,32,33). The molecule has 1 aliphatic rings. The minimum absolute atomic E-state index is 0.296. The highest BCUT2D eigenvalue weighted by molar-refractivity contribution is 5.89. The fourth-order valence-corrected chi connectivity index (χ4v) is 5.08. The van der Waals surface area contributed by atoms with Crippen molar-refractivity contribution in [1.82, 2.24) is 25.1 Å². The van der Waals surface area contributed by atoms with Crippen molar-refractivity contribution in [1.29, 1.82) is 0 Å². The Morgan fingerprint density at radius 1 is 0.974 bits per heavy atom. The first-order valence-electron chi connectivity index (χ1n) is 12.8. The normalized spacial score (nSPS) is 14.6. The topological polar surface area (TPSA) is 96.1 Å². The Bertz CT molecular complexity index is 1520. The van der Waals surface area contributed by atoms with Gasteiger partial charge in [0.15, 0.2) is 0 Å². The third-order valence-corrected chi connectivity index (χ3v) is 7.17. The summed E-state index contributed by atoms with van der Waals surface area (Å²) in [6.45, 7) is 2.79. The number of aromatic nitrogens is 4. The van der Waals surface area contributed by atoms with E-state index >= 15 is 0 Å². The van der Waals surface area contributed by atoms with Gasteiger partial charge in [0.25, 0.3) is 0 Å². The highest BCUT2D eigenvalue weighted by Gasteiger charge is 2.22. The van der Waals surface area contributed by atoms with Crippen molar-refractivity contribution >= 4 is 17.0 Å². The second-order valence-electron chi connectivity index (χ2n) is 9.62. The van der Waals surface area contributed by atoms with E-state index in [9.17, 15) is 4.79 Å². The van der Waals surface area contributed by atoms with E-state index in [4.69, 9.17) is 14.5 Å². The number of ether oxygens (including phenoxy) is 2. The minimum atomic E-state index is -0.296. The molecule has 8 nitrogen and oxygen atoms in total. The maximum atomic E-state index is 11.7. The SMILES string of the molecule is COC(=O)c1ccc(C2CCN(Cc3nc4cc(Oc5ccc(-c6ccn[nH]6)cc5)ccc4[nH]3)CC2)cc1. The van der Waals surface area contributed by atoms with Gasteiger partial charge in [-0.2, -0.15) is 5.10 Å². The third-order valence-electron chi connectivity index (χ3n) is 7.17. The number of hydrogen-bond donors (Lipinski definition) is 2. The summed E-state index contributed by atoms with van der Waals surface area (Å²) in [5, 5.41) is 6.97. The Hall–Kier alpha value is -4.43. The van der Waals surface area contributed by atoms with Crippen molar-refractivity contribution in [3.8, 4) is 22.8 Å². The zero-order valence-corrected chi connectivity index (χ0v) is 21.2. The van der Waals surface area contributed by atoms with Crippen molar-refractivity contribution in [2.24, 2.45) is 0 Å². The molecule has 0 aliphatic carbocycles. The molecule has 38 heavy (non-hydrogen) atoms. The van der Waals surface area contributed by atoms with Crippen LogP contribution in [-0.4, -0.2) is 51.2 Å². The van der Waals surface area contributed by atoms with Gasteiger partial charge >= 0.3 is 5.97 Å². The first kappa shape index (κ1) is 23.9. The molecule has 0 spiro atoms. The number of methoxy groups -OCH3 is 1. The van der Waals surface area contributed by atoms with E-state index in [1.807, 2.05) is 60.7 Å². The smallest absolute Gasteiger partial charge is 0.337 e. The monoisotopic (exact) mass is 507 g/mol. The molecule has 0 radical (unpaired) electrons. The molecule has 2 N–H and O–H groups in total. The van der Waals surface area contributed by atoms with Gasteiger partial charge in [-0.25, -0.2) is 9.78 Å². The van der Waals surface area contributed by atoms with Gasteiger partial charge in [0, 0.05) is 12.3 Å². The molecule has 0 saturated carbocycles. The van der Waals surface area contributed by atoms with E-state index in [2.05, 4.69) is 32.2 Å². The number of imidazole rings is 1. The van der Waals surface area contributed by atoms with E-state index in [1.165, 1.54) is 12.7 Å². The maximum Gasteiger partial charge on any atom is 0.337 e. The molecule has 0 atom stereocenters. The molecule has 8 heteroatoms. The summed E-state index contributed by atoms with van der Waals surface area (Å²) >= 11 is 0. The minimum Gasteiger partial charge on any atom is -0.465 e. The van der Waals surface area contributed by atoms with Gasteiger partial charge in [0.1, 0.15) is 17.3 Å². The van der Waals surface area contributed by atoms with E-state index in [1.54, 1.807) is 6.20 Å². The van der Waals surface area contributed by atoms with Crippen LogP contribution in [0, 0.1) is 0 Å². The number of aromatic amines is 2. The van der Waals surface area contributed by atoms with E-state index in [0.29, 0.717) is 11.5 Å². The Kier molecular flexibility index (Phi) is 6.62. The van der Waals surface area contributed by atoms with Gasteiger partial charge in [-0.15, -0.1) is 0 Å². The van der Waals surface area contributed by atoms with Crippen molar-refractivity contribution in [3.63, 3.8) is 0 Å². The zero-order chi connectivity index (χ0) is 25.9. The molecule has 1 aliphatic heterocycles. The van der Waals surface area contributed by atoms with Gasteiger partial charge in [-0.1, -0.05) is 12.1 Å². The second-order valence-corrected chi connectivity index (χ2v) is 9.62. The van der Waals surface area contributed by atoms with Crippen molar-refractivity contribution in [2.45, 2.75) is 25.3 Å². The van der Waals surface area contributed by atoms with Gasteiger partial charge in [-0.05, 0) is 97.6 Å². The van der Waals surface area contributed by atoms with Crippen LogP contribution >= 0.6 is 0 Å². The van der Waals surface area contributed by atoms with Gasteiger partial charge < -0.3 is 14.5 Å². The lowest BCUT2D eigenvalue weighted by atomic mass is 9.89. The number of esters is 1. The molecule has 0 bridgehead atoms. The molecule has 2 aromatic heterocycles. The average Bonchev–Trinajstić information content (AvgIpc) is 3.64. The Labute approximate surface area is 220 Å². The molecule has 1 saturated heterocycles. The summed E-state index contributed by atoms with van der Waals surface area (Å²) in [5.74, 6) is 2.69. The Morgan fingerprint density at radius 2 is 1.74 bits per heavy atom. The summed E-state index contributed by atoms with van der Waals surface area (Å²) in [7, 11) is 1.41. The lowest BCUT2D eigenvalue weighted by Crippen LogP contribution is -2.32. The predicted molar refractivity (Wildman–Crippen MR) is 145 cm³/mol. The number of benzene rings is 3. The fraction of sp³-hybridized carbons (Fsp3) is 0.233. The number of H-pyrrole nitrogens is 2. The molecular weight excluding hydrogens is 478 g/mol. The summed E-state index contributed by atoms with van der Waals surface area (Å²) in [6.07, 6.45) is 3.90. The molecule has 3 heterocycles. The van der Waals surface area contributed by atoms with Crippen LogP contribution in [0.5, 0.6) is 11.5 Å². The van der Waals surface area contributed by atoms with Crippen LogP contribution in [0.25, 0.3) is 22.3 Å². The first-order valence-corrected chi connectivity index (χ1v) is 12.8. The molecule has 0 amide bonds. The van der Waals surface area contributed by atoms with Crippen LogP contribution in [0.3, 0.4) is 0 Å². The lowest BCUT2D eigenvalue weighted by molar-refractivity contribution is 0.0600. The Morgan fingerprint density at radius 3 is 2.45 bits per heavy atom. The van der Waals surface area contributed by atoms with Crippen molar-refractivity contribution in [3.05, 3.63) is 95.9 Å². The number of rotatable bonds is 7. The molecule has 1 fully saturated rings. The van der Waals surface area contributed by atoms with Gasteiger partial charge in [0.2, 0.25) is 0 Å². The number of hydrogen-bond acceptors (Lipinski definition) is 6. The van der Waals surface area contributed by atoms with E-state index in [-0.39, 0.29) is 5.97 Å². The number of carbonyl (C=O) groups is 1. The van der Waals surface area contributed by atoms with Gasteiger partial charge in [-0.3, -0.25) is 10.00 Å². The molecule has 192 valence electrons. The zero-order valence-electron chi connectivity index (χ0n) is 21.2. The molecule has 6 rings (SSSR count). The van der Waals surface area contributed by atoms with Crippen molar-refractivity contribution in [2.75, 3.05) is 20.2 Å². The molecule has 0 unspecified atom stereocenters. The number of piperidine rings is 1. The molecule has 3 aromatic carbocycles. The van der Waals surface area contributed by atoms with Crippen molar-refractivity contribution < 1.29 is 14.3 Å². The highest BCUT2D eigenvalue weighted by atomic mass is 16.5. The summed E-state index contributed by atoms with van der Waals surface area (Å²) in [6, 6.07) is 23.6. The number of nitrogens with one attached hydrogen (secondary N) is 2. The van der Waals surface area contributed by atoms with E-state index in [0.717, 1.165) is 72.1 Å². The van der Waals surface area contributed by atoms with Crippen LogP contribution in [0.4, 0.5) is 0 Å². The lowest BCUT2D eigenvalue weighted by Gasteiger charge is -2.31. The van der Waals surface area contributed by atoms with E-state index < -0.39 is 0 Å². The first-order chi connectivity index (χ1) is 18.6. The second kappa shape index (κ2) is 10.5. The summed E-state index contributed by atoms with van der Waals surface area (Å²) in [4.78, 5) is 22.4. The largest absolute Gasteiger partial charge is 0.465 e. The number of likely N-dealkylation sites (tertiary alicyclic amines) is 1. The Balaban J connectivity index is 1.05. The van der Waals surface area contributed by atoms with Gasteiger partial charge in [0.05, 0.1) is 35.9 Å². The highest BCUT2D eigenvalue weighted by Crippen LogP contribution is 2.30. The van der Waals surface area contributed by atoms with Crippen LogP contribution < -0.4 is 4.74 Å². The number of fused-ring (bicyclic) bond motifs is 1. The maximum absolute atomic E-state index is 11.7.